The Balaban J connectivity index is 1.06. The van der Waals surface area contributed by atoms with Crippen LogP contribution in [0.25, 0.3) is 0 Å². The molecule has 1 heteroatoms. The molecule has 0 amide bonds. The maximum atomic E-state index is 4.15. The molecular weight excluding hydrogens is 470 g/mol. The Kier molecular flexibility index (Phi) is 5.61. The molecule has 1 heterocycles. The lowest BCUT2D eigenvalue weighted by atomic mass is 9.53. The topological polar surface area (TPSA) is 12.0 Å². The van der Waals surface area contributed by atoms with Gasteiger partial charge in [0.2, 0.25) is 0 Å². The maximum absolute atomic E-state index is 4.15. The monoisotopic (exact) mass is 517 g/mol. The van der Waals surface area contributed by atoms with Gasteiger partial charge in [-0.2, -0.15) is 0 Å². The first kappa shape index (κ1) is 23.7. The smallest absolute Gasteiger partial charge is 0.0293 e. The first-order valence-electron chi connectivity index (χ1n) is 17.0. The highest BCUT2D eigenvalue weighted by atomic mass is 15.0. The third-order valence-corrected chi connectivity index (χ3v) is 13.2. The minimum Gasteiger partial charge on any atom is -0.385 e. The van der Waals surface area contributed by atoms with Crippen molar-refractivity contribution in [2.24, 2.45) is 47.3 Å². The van der Waals surface area contributed by atoms with Crippen molar-refractivity contribution in [1.29, 1.82) is 0 Å². The molecule has 9 rings (SSSR count). The first-order chi connectivity index (χ1) is 19.3. The van der Waals surface area contributed by atoms with Gasteiger partial charge in [-0.15, -0.1) is 0 Å². The minimum absolute atomic E-state index is 0.584. The SMILES string of the molecule is C1=CC2=C(CC1)CCC(C1CCC3CCC4C5=C3C1CC=C5C=CC4C1=C3NC4CCCCC4C3CC=C1)C2. The summed E-state index contributed by atoms with van der Waals surface area (Å²) in [5, 5.41) is 4.15. The van der Waals surface area contributed by atoms with Gasteiger partial charge in [-0.1, -0.05) is 66.5 Å². The molecule has 1 aliphatic heterocycles. The zero-order valence-corrected chi connectivity index (χ0v) is 23.8. The third kappa shape index (κ3) is 3.63. The molecule has 39 heavy (non-hydrogen) atoms. The summed E-state index contributed by atoms with van der Waals surface area (Å²) in [5.41, 5.74) is 12.4. The number of nitrogens with one attached hydrogen (secondary N) is 1. The van der Waals surface area contributed by atoms with Crippen LogP contribution >= 0.6 is 0 Å². The van der Waals surface area contributed by atoms with Crippen LogP contribution in [0.3, 0.4) is 0 Å². The van der Waals surface area contributed by atoms with E-state index in [0.29, 0.717) is 11.8 Å². The van der Waals surface area contributed by atoms with E-state index in [9.17, 15) is 0 Å². The fraction of sp³-hybridized carbons (Fsp3) is 0.632. The Morgan fingerprint density at radius 1 is 0.744 bits per heavy atom. The molecule has 9 aliphatic rings. The van der Waals surface area contributed by atoms with Crippen LogP contribution in [-0.4, -0.2) is 6.04 Å². The largest absolute Gasteiger partial charge is 0.385 e. The summed E-state index contributed by atoms with van der Waals surface area (Å²) in [7, 11) is 0. The van der Waals surface area contributed by atoms with Gasteiger partial charge < -0.3 is 5.32 Å². The van der Waals surface area contributed by atoms with Crippen LogP contribution in [-0.2, 0) is 0 Å². The second kappa shape index (κ2) is 9.25. The molecule has 1 saturated heterocycles. The van der Waals surface area contributed by atoms with Crippen LogP contribution in [0.4, 0.5) is 0 Å². The van der Waals surface area contributed by atoms with Gasteiger partial charge in [0.25, 0.3) is 0 Å². The van der Waals surface area contributed by atoms with E-state index in [2.05, 4.69) is 47.8 Å². The molecule has 0 radical (unpaired) electrons. The van der Waals surface area contributed by atoms with E-state index >= 15 is 0 Å². The Bertz CT molecular complexity index is 1280. The second-order valence-corrected chi connectivity index (χ2v) is 14.8. The second-order valence-electron chi connectivity index (χ2n) is 14.8. The van der Waals surface area contributed by atoms with E-state index in [0.717, 1.165) is 41.5 Å². The molecule has 204 valence electrons. The molecule has 3 fully saturated rings. The zero-order chi connectivity index (χ0) is 25.5. The molecule has 9 atom stereocenters. The van der Waals surface area contributed by atoms with Gasteiger partial charge in [0, 0.05) is 23.6 Å². The molecule has 1 N–H and O–H groups in total. The lowest BCUT2D eigenvalue weighted by Gasteiger charge is -2.51. The Morgan fingerprint density at radius 2 is 1.69 bits per heavy atom. The Labute approximate surface area is 236 Å². The summed E-state index contributed by atoms with van der Waals surface area (Å²) >= 11 is 0. The molecule has 8 aliphatic carbocycles. The average Bonchev–Trinajstić information content (AvgIpc) is 3.38. The van der Waals surface area contributed by atoms with E-state index in [1.807, 2.05) is 16.7 Å². The number of hydrogen-bond acceptors (Lipinski definition) is 1. The van der Waals surface area contributed by atoms with Gasteiger partial charge in [0.05, 0.1) is 0 Å². The standard InChI is InChI=1S/C38H47N/c1-2-7-26-22-27(13-12-23(26)6-1)28-18-14-24-17-21-32-29(19-15-25-16-20-31(28)36(24)37(25)32)33-9-5-10-34-30-8-3-4-11-35(30)39-38(33)34/h2,5,7,9,15-16,19,24,27-32,34-35,39H,1,3-4,6,8,10-14,17-18,20-22H2. The van der Waals surface area contributed by atoms with Crippen LogP contribution < -0.4 is 5.32 Å². The summed E-state index contributed by atoms with van der Waals surface area (Å²) in [5.74, 6) is 6.49. The molecule has 2 saturated carbocycles. The van der Waals surface area contributed by atoms with Gasteiger partial charge in [-0.25, -0.2) is 0 Å². The summed E-state index contributed by atoms with van der Waals surface area (Å²) in [6.45, 7) is 0. The van der Waals surface area contributed by atoms with Crippen molar-refractivity contribution in [3.05, 3.63) is 81.7 Å². The molecular formula is C38H47N. The van der Waals surface area contributed by atoms with Crippen LogP contribution in [0.2, 0.25) is 0 Å². The molecule has 0 aromatic carbocycles. The molecule has 9 unspecified atom stereocenters. The van der Waals surface area contributed by atoms with Crippen molar-refractivity contribution in [2.45, 2.75) is 102 Å². The maximum Gasteiger partial charge on any atom is 0.0293 e. The molecule has 0 aromatic heterocycles. The number of allylic oxidation sites excluding steroid dienone is 14. The predicted octanol–water partition coefficient (Wildman–Crippen LogP) is 9.29. The van der Waals surface area contributed by atoms with E-state index in [1.54, 1.807) is 22.4 Å². The van der Waals surface area contributed by atoms with Crippen molar-refractivity contribution < 1.29 is 0 Å². The van der Waals surface area contributed by atoms with E-state index in [1.165, 1.54) is 96.3 Å². The first-order valence-corrected chi connectivity index (χ1v) is 17.0. The molecule has 0 spiro atoms. The van der Waals surface area contributed by atoms with Crippen molar-refractivity contribution >= 4 is 0 Å². The Hall–Kier alpha value is -2.02. The van der Waals surface area contributed by atoms with Gasteiger partial charge in [0.15, 0.2) is 0 Å². The van der Waals surface area contributed by atoms with Crippen molar-refractivity contribution in [3.63, 3.8) is 0 Å². The summed E-state index contributed by atoms with van der Waals surface area (Å²) < 4.78 is 0. The zero-order valence-electron chi connectivity index (χ0n) is 23.8. The minimum atomic E-state index is 0.584. The fourth-order valence-corrected chi connectivity index (χ4v) is 11.6. The molecule has 0 aromatic rings. The fourth-order valence-electron chi connectivity index (χ4n) is 11.6. The number of fused-ring (bicyclic) bond motifs is 3. The van der Waals surface area contributed by atoms with Crippen molar-refractivity contribution in [2.75, 3.05) is 0 Å². The number of hydrogen-bond donors (Lipinski definition) is 1. The average molecular weight is 518 g/mol. The predicted molar refractivity (Wildman–Crippen MR) is 161 cm³/mol. The Morgan fingerprint density at radius 3 is 2.69 bits per heavy atom. The van der Waals surface area contributed by atoms with Crippen LogP contribution in [0.1, 0.15) is 96.3 Å². The third-order valence-electron chi connectivity index (χ3n) is 13.2. The van der Waals surface area contributed by atoms with Crippen molar-refractivity contribution in [1.82, 2.24) is 5.32 Å². The van der Waals surface area contributed by atoms with Gasteiger partial charge in [0.1, 0.15) is 0 Å². The van der Waals surface area contributed by atoms with Crippen molar-refractivity contribution in [3.8, 4) is 0 Å². The number of rotatable bonds is 2. The van der Waals surface area contributed by atoms with Crippen LogP contribution in [0.15, 0.2) is 81.7 Å². The van der Waals surface area contributed by atoms with Gasteiger partial charge in [-0.05, 0) is 141 Å². The highest BCUT2D eigenvalue weighted by Gasteiger charge is 2.49. The molecule has 1 nitrogen and oxygen atoms in total. The van der Waals surface area contributed by atoms with Gasteiger partial charge >= 0.3 is 0 Å². The summed E-state index contributed by atoms with van der Waals surface area (Å²) in [6, 6.07) is 0.748. The van der Waals surface area contributed by atoms with E-state index in [4.69, 9.17) is 0 Å². The summed E-state index contributed by atoms with van der Waals surface area (Å²) in [6.07, 6.45) is 38.9. The van der Waals surface area contributed by atoms with Gasteiger partial charge in [-0.3, -0.25) is 0 Å². The van der Waals surface area contributed by atoms with Crippen LogP contribution in [0.5, 0.6) is 0 Å². The van der Waals surface area contributed by atoms with E-state index in [-0.39, 0.29) is 0 Å². The normalized spacial score (nSPS) is 43.9. The highest BCUT2D eigenvalue weighted by molar-refractivity contribution is 5.56. The lowest BCUT2D eigenvalue weighted by molar-refractivity contribution is 0.146. The summed E-state index contributed by atoms with van der Waals surface area (Å²) in [4.78, 5) is 0. The quantitative estimate of drug-likeness (QED) is 0.385. The lowest BCUT2D eigenvalue weighted by Crippen LogP contribution is -2.40. The van der Waals surface area contributed by atoms with E-state index < -0.39 is 0 Å². The van der Waals surface area contributed by atoms with Crippen LogP contribution in [0, 0.1) is 47.3 Å². The highest BCUT2D eigenvalue weighted by Crippen LogP contribution is 2.59. The molecule has 0 bridgehead atoms.